The summed E-state index contributed by atoms with van der Waals surface area (Å²) in [7, 11) is 0. The first-order chi connectivity index (χ1) is 12.2. The van der Waals surface area contributed by atoms with Gasteiger partial charge in [-0.15, -0.1) is 11.8 Å². The van der Waals surface area contributed by atoms with Gasteiger partial charge in [0, 0.05) is 49.1 Å². The van der Waals surface area contributed by atoms with E-state index in [4.69, 9.17) is 12.2 Å². The molecule has 0 amide bonds. The van der Waals surface area contributed by atoms with Crippen molar-refractivity contribution >= 4 is 34.8 Å². The lowest BCUT2D eigenvalue weighted by atomic mass is 10.2. The van der Waals surface area contributed by atoms with Crippen LogP contribution in [-0.2, 0) is 0 Å². The zero-order valence-corrected chi connectivity index (χ0v) is 15.7. The zero-order valence-electron chi connectivity index (χ0n) is 14.0. The summed E-state index contributed by atoms with van der Waals surface area (Å²) in [6.45, 7) is 4.42. The highest BCUT2D eigenvalue weighted by Gasteiger charge is 2.18. The number of nitrogens with zero attached hydrogens (tertiary/aromatic N) is 2. The van der Waals surface area contributed by atoms with Gasteiger partial charge in [0.05, 0.1) is 0 Å². The van der Waals surface area contributed by atoms with Crippen LogP contribution in [0.2, 0.25) is 0 Å². The molecule has 3 nitrogen and oxygen atoms in total. The van der Waals surface area contributed by atoms with Crippen molar-refractivity contribution in [3.63, 3.8) is 0 Å². The second-order valence-electron chi connectivity index (χ2n) is 5.84. The average Bonchev–Trinajstić information content (AvgIpc) is 2.67. The van der Waals surface area contributed by atoms with Crippen LogP contribution in [0, 0.1) is 5.82 Å². The van der Waals surface area contributed by atoms with E-state index in [0.717, 1.165) is 49.3 Å². The van der Waals surface area contributed by atoms with Crippen LogP contribution in [-0.4, -0.2) is 48.5 Å². The fourth-order valence-corrected chi connectivity index (χ4v) is 3.85. The highest BCUT2D eigenvalue weighted by Crippen LogP contribution is 2.17. The van der Waals surface area contributed by atoms with Crippen molar-refractivity contribution < 1.29 is 4.39 Å². The van der Waals surface area contributed by atoms with Gasteiger partial charge in [0.1, 0.15) is 5.82 Å². The molecule has 132 valence electrons. The largest absolute Gasteiger partial charge is 0.368 e. The minimum atomic E-state index is -0.193. The Balaban J connectivity index is 1.37. The molecule has 1 aliphatic heterocycles. The second-order valence-corrected chi connectivity index (χ2v) is 7.40. The van der Waals surface area contributed by atoms with Crippen LogP contribution < -0.4 is 10.2 Å². The van der Waals surface area contributed by atoms with Crippen LogP contribution >= 0.6 is 24.0 Å². The zero-order chi connectivity index (χ0) is 17.5. The van der Waals surface area contributed by atoms with E-state index in [1.165, 1.54) is 17.0 Å². The third kappa shape index (κ3) is 5.34. The third-order valence-electron chi connectivity index (χ3n) is 4.15. The second kappa shape index (κ2) is 9.06. The molecule has 0 saturated carbocycles. The molecule has 1 saturated heterocycles. The summed E-state index contributed by atoms with van der Waals surface area (Å²) in [5.74, 6) is 0.792. The standard InChI is InChI=1S/C19H22FN3S2/c20-16-6-8-17(9-7-16)22-11-13-23(14-12-22)19(24)21-10-15-25-18-4-2-1-3-5-18/h1-9H,10-15H2,(H,21,24). The van der Waals surface area contributed by atoms with Crippen molar-refractivity contribution in [2.24, 2.45) is 0 Å². The van der Waals surface area contributed by atoms with Crippen molar-refractivity contribution in [2.45, 2.75) is 4.90 Å². The van der Waals surface area contributed by atoms with E-state index in [1.807, 2.05) is 30.0 Å². The lowest BCUT2D eigenvalue weighted by molar-refractivity contribution is 0.381. The molecule has 3 rings (SSSR count). The summed E-state index contributed by atoms with van der Waals surface area (Å²) in [5.41, 5.74) is 1.07. The highest BCUT2D eigenvalue weighted by molar-refractivity contribution is 7.99. The molecule has 6 heteroatoms. The molecule has 0 spiro atoms. The molecule has 0 radical (unpaired) electrons. The number of piperazine rings is 1. The molecule has 0 unspecified atom stereocenters. The van der Waals surface area contributed by atoms with Crippen LogP contribution in [0.3, 0.4) is 0 Å². The van der Waals surface area contributed by atoms with Gasteiger partial charge in [-0.25, -0.2) is 4.39 Å². The van der Waals surface area contributed by atoms with Crippen molar-refractivity contribution in [1.82, 2.24) is 10.2 Å². The van der Waals surface area contributed by atoms with Crippen LogP contribution in [0.25, 0.3) is 0 Å². The normalized spacial score (nSPS) is 14.4. The van der Waals surface area contributed by atoms with E-state index in [9.17, 15) is 4.39 Å². The van der Waals surface area contributed by atoms with E-state index in [-0.39, 0.29) is 5.82 Å². The number of thiocarbonyl (C=S) groups is 1. The first kappa shape index (κ1) is 18.0. The van der Waals surface area contributed by atoms with Gasteiger partial charge >= 0.3 is 0 Å². The van der Waals surface area contributed by atoms with Gasteiger partial charge in [0.25, 0.3) is 0 Å². The topological polar surface area (TPSA) is 18.5 Å². The monoisotopic (exact) mass is 375 g/mol. The van der Waals surface area contributed by atoms with Crippen LogP contribution in [0.1, 0.15) is 0 Å². The minimum Gasteiger partial charge on any atom is -0.368 e. The number of nitrogens with one attached hydrogen (secondary N) is 1. The number of thioether (sulfide) groups is 1. The summed E-state index contributed by atoms with van der Waals surface area (Å²) in [6.07, 6.45) is 0. The smallest absolute Gasteiger partial charge is 0.169 e. The SMILES string of the molecule is Fc1ccc(N2CCN(C(=S)NCCSc3ccccc3)CC2)cc1. The maximum Gasteiger partial charge on any atom is 0.169 e. The van der Waals surface area contributed by atoms with Crippen molar-refractivity contribution in [2.75, 3.05) is 43.4 Å². The molecule has 2 aromatic carbocycles. The Morgan fingerprint density at radius 2 is 1.68 bits per heavy atom. The lowest BCUT2D eigenvalue weighted by Gasteiger charge is -2.37. The summed E-state index contributed by atoms with van der Waals surface area (Å²) in [5, 5.41) is 4.18. The summed E-state index contributed by atoms with van der Waals surface area (Å²) in [6, 6.07) is 17.1. The van der Waals surface area contributed by atoms with Crippen molar-refractivity contribution in [1.29, 1.82) is 0 Å². The first-order valence-electron chi connectivity index (χ1n) is 8.43. The van der Waals surface area contributed by atoms with E-state index in [2.05, 4.69) is 39.4 Å². The Morgan fingerprint density at radius 3 is 2.36 bits per heavy atom. The van der Waals surface area contributed by atoms with Gasteiger partial charge in [0.15, 0.2) is 5.11 Å². The Hall–Kier alpha value is -1.79. The first-order valence-corrected chi connectivity index (χ1v) is 9.83. The van der Waals surface area contributed by atoms with Crippen LogP contribution in [0.4, 0.5) is 10.1 Å². The number of hydrogen-bond acceptors (Lipinski definition) is 3. The van der Waals surface area contributed by atoms with Crippen molar-refractivity contribution in [3.8, 4) is 0 Å². The number of anilines is 1. The van der Waals surface area contributed by atoms with Gasteiger partial charge in [0.2, 0.25) is 0 Å². The minimum absolute atomic E-state index is 0.193. The van der Waals surface area contributed by atoms with Gasteiger partial charge in [-0.1, -0.05) is 18.2 Å². The number of hydrogen-bond donors (Lipinski definition) is 1. The maximum absolute atomic E-state index is 13.0. The molecule has 1 N–H and O–H groups in total. The molecule has 0 atom stereocenters. The number of benzene rings is 2. The average molecular weight is 376 g/mol. The van der Waals surface area contributed by atoms with E-state index < -0.39 is 0 Å². The van der Waals surface area contributed by atoms with Crippen molar-refractivity contribution in [3.05, 3.63) is 60.4 Å². The Labute approximate surface area is 158 Å². The molecular formula is C19H22FN3S2. The summed E-state index contributed by atoms with van der Waals surface area (Å²) >= 11 is 7.34. The maximum atomic E-state index is 13.0. The fraction of sp³-hybridized carbons (Fsp3) is 0.316. The van der Waals surface area contributed by atoms with E-state index in [0.29, 0.717) is 0 Å². The quantitative estimate of drug-likeness (QED) is 0.487. The molecule has 1 heterocycles. The molecule has 0 aliphatic carbocycles. The fourth-order valence-electron chi connectivity index (χ4n) is 2.78. The lowest BCUT2D eigenvalue weighted by Crippen LogP contribution is -2.52. The molecule has 0 aromatic heterocycles. The molecule has 25 heavy (non-hydrogen) atoms. The Kier molecular flexibility index (Phi) is 6.53. The van der Waals surface area contributed by atoms with Crippen LogP contribution in [0.5, 0.6) is 0 Å². The predicted molar refractivity (Wildman–Crippen MR) is 108 cm³/mol. The molecule has 1 aliphatic rings. The van der Waals surface area contributed by atoms with Gasteiger partial charge < -0.3 is 15.1 Å². The Bertz CT molecular complexity index is 671. The number of halogens is 1. The predicted octanol–water partition coefficient (Wildman–Crippen LogP) is 3.61. The molecular weight excluding hydrogens is 353 g/mol. The third-order valence-corrected chi connectivity index (χ3v) is 5.57. The summed E-state index contributed by atoms with van der Waals surface area (Å²) in [4.78, 5) is 5.76. The van der Waals surface area contributed by atoms with Gasteiger partial charge in [-0.2, -0.15) is 0 Å². The highest BCUT2D eigenvalue weighted by atomic mass is 32.2. The number of rotatable bonds is 5. The van der Waals surface area contributed by atoms with Crippen LogP contribution in [0.15, 0.2) is 59.5 Å². The molecule has 2 aromatic rings. The Morgan fingerprint density at radius 1 is 1.00 bits per heavy atom. The molecule has 1 fully saturated rings. The van der Waals surface area contributed by atoms with Gasteiger partial charge in [-0.3, -0.25) is 0 Å². The summed E-state index contributed by atoms with van der Waals surface area (Å²) < 4.78 is 13.0. The van der Waals surface area contributed by atoms with E-state index in [1.54, 1.807) is 0 Å². The van der Waals surface area contributed by atoms with Gasteiger partial charge in [-0.05, 0) is 48.6 Å². The van der Waals surface area contributed by atoms with E-state index >= 15 is 0 Å². The molecule has 0 bridgehead atoms.